The summed E-state index contributed by atoms with van der Waals surface area (Å²) in [6, 6.07) is 5.98. The zero-order valence-electron chi connectivity index (χ0n) is 13.2. The quantitative estimate of drug-likeness (QED) is 0.584. The summed E-state index contributed by atoms with van der Waals surface area (Å²) >= 11 is 0. The summed E-state index contributed by atoms with van der Waals surface area (Å²) < 4.78 is 32.1. The number of benzene rings is 1. The third-order valence-electron chi connectivity index (χ3n) is 3.62. The summed E-state index contributed by atoms with van der Waals surface area (Å²) in [4.78, 5) is 13.6. The Kier molecular flexibility index (Phi) is 8.15. The summed E-state index contributed by atoms with van der Waals surface area (Å²) in [5, 5.41) is 0. The molecule has 23 heavy (non-hydrogen) atoms. The van der Waals surface area contributed by atoms with Crippen molar-refractivity contribution in [1.82, 2.24) is 9.62 Å². The van der Waals surface area contributed by atoms with Crippen molar-refractivity contribution in [2.45, 2.75) is 18.2 Å². The lowest BCUT2D eigenvalue weighted by Gasteiger charge is -2.26. The van der Waals surface area contributed by atoms with Crippen LogP contribution in [0.5, 0.6) is 0 Å². The standard InChI is InChI=1S/C15H22N2O4S.ClH/c1-13(18)14-3-5-15(6-4-14)22(19,20)16-7-2-8-17-9-11-21-12-10-17;/h3-6,16H,2,7-12H2,1H3;1H. The van der Waals surface area contributed by atoms with Gasteiger partial charge in [-0.1, -0.05) is 12.1 Å². The number of nitrogens with one attached hydrogen (secondary N) is 1. The van der Waals surface area contributed by atoms with Crippen molar-refractivity contribution in [3.8, 4) is 0 Å². The number of hydrogen-bond acceptors (Lipinski definition) is 5. The second-order valence-corrected chi connectivity index (χ2v) is 7.05. The van der Waals surface area contributed by atoms with E-state index in [0.29, 0.717) is 12.1 Å². The predicted molar refractivity (Wildman–Crippen MR) is 90.8 cm³/mol. The van der Waals surface area contributed by atoms with Crippen LogP contribution in [-0.2, 0) is 14.8 Å². The van der Waals surface area contributed by atoms with Gasteiger partial charge >= 0.3 is 0 Å². The number of ketones is 1. The largest absolute Gasteiger partial charge is 0.379 e. The number of carbonyl (C=O) groups is 1. The van der Waals surface area contributed by atoms with E-state index in [1.807, 2.05) is 0 Å². The van der Waals surface area contributed by atoms with Gasteiger partial charge in [0.05, 0.1) is 18.1 Å². The van der Waals surface area contributed by atoms with Crippen LogP contribution in [0.3, 0.4) is 0 Å². The molecule has 0 amide bonds. The van der Waals surface area contributed by atoms with Crippen molar-refractivity contribution in [3.05, 3.63) is 29.8 Å². The van der Waals surface area contributed by atoms with Crippen molar-refractivity contribution in [1.29, 1.82) is 0 Å². The Labute approximate surface area is 143 Å². The van der Waals surface area contributed by atoms with Crippen LogP contribution in [0.4, 0.5) is 0 Å². The van der Waals surface area contributed by atoms with E-state index >= 15 is 0 Å². The maximum absolute atomic E-state index is 12.1. The summed E-state index contributed by atoms with van der Waals surface area (Å²) in [5.74, 6) is -0.0811. The van der Waals surface area contributed by atoms with Gasteiger partial charge in [0.1, 0.15) is 0 Å². The molecule has 0 saturated carbocycles. The van der Waals surface area contributed by atoms with Crippen LogP contribution in [0.1, 0.15) is 23.7 Å². The maximum Gasteiger partial charge on any atom is 0.240 e. The van der Waals surface area contributed by atoms with Gasteiger partial charge in [-0.05, 0) is 32.0 Å². The van der Waals surface area contributed by atoms with Gasteiger partial charge in [0.2, 0.25) is 10.0 Å². The van der Waals surface area contributed by atoms with Gasteiger partial charge in [-0.15, -0.1) is 12.4 Å². The van der Waals surface area contributed by atoms with E-state index in [1.165, 1.54) is 31.2 Å². The SMILES string of the molecule is CC(=O)c1ccc(S(=O)(=O)NCCCN2CCOCC2)cc1.Cl. The number of halogens is 1. The molecule has 6 nitrogen and oxygen atoms in total. The molecule has 1 aromatic rings. The highest BCUT2D eigenvalue weighted by molar-refractivity contribution is 7.89. The van der Waals surface area contributed by atoms with Crippen LogP contribution < -0.4 is 4.72 Å². The zero-order valence-corrected chi connectivity index (χ0v) is 14.8. The highest BCUT2D eigenvalue weighted by Crippen LogP contribution is 2.11. The molecule has 0 aliphatic carbocycles. The molecular formula is C15H23ClN2O4S. The third-order valence-corrected chi connectivity index (χ3v) is 5.09. The van der Waals surface area contributed by atoms with E-state index in [9.17, 15) is 13.2 Å². The number of ether oxygens (including phenoxy) is 1. The molecule has 1 aliphatic heterocycles. The topological polar surface area (TPSA) is 75.7 Å². The third kappa shape index (κ3) is 6.19. The molecule has 2 rings (SSSR count). The van der Waals surface area contributed by atoms with Gasteiger partial charge in [-0.25, -0.2) is 13.1 Å². The van der Waals surface area contributed by atoms with E-state index in [2.05, 4.69) is 9.62 Å². The molecule has 0 aromatic heterocycles. The van der Waals surface area contributed by atoms with Crippen LogP contribution in [0, 0.1) is 0 Å². The molecule has 130 valence electrons. The molecule has 0 unspecified atom stereocenters. The van der Waals surface area contributed by atoms with E-state index in [1.54, 1.807) is 0 Å². The number of rotatable bonds is 7. The van der Waals surface area contributed by atoms with Crippen molar-refractivity contribution < 1.29 is 17.9 Å². The minimum absolute atomic E-state index is 0. The fourth-order valence-corrected chi connectivity index (χ4v) is 3.36. The molecule has 0 spiro atoms. The number of morpholine rings is 1. The highest BCUT2D eigenvalue weighted by Gasteiger charge is 2.14. The molecule has 0 bridgehead atoms. The zero-order chi connectivity index (χ0) is 16.0. The molecule has 0 atom stereocenters. The van der Waals surface area contributed by atoms with Crippen molar-refractivity contribution in [3.63, 3.8) is 0 Å². The monoisotopic (exact) mass is 362 g/mol. The van der Waals surface area contributed by atoms with Gasteiger partial charge in [0.25, 0.3) is 0 Å². The number of carbonyl (C=O) groups excluding carboxylic acids is 1. The van der Waals surface area contributed by atoms with Crippen molar-refractivity contribution in [2.24, 2.45) is 0 Å². The first-order valence-corrected chi connectivity index (χ1v) is 8.88. The van der Waals surface area contributed by atoms with Gasteiger partial charge < -0.3 is 4.74 Å². The van der Waals surface area contributed by atoms with Gasteiger partial charge in [-0.3, -0.25) is 9.69 Å². The Morgan fingerprint density at radius 2 is 1.83 bits per heavy atom. The second kappa shape index (κ2) is 9.34. The minimum atomic E-state index is -3.51. The molecule has 1 saturated heterocycles. The van der Waals surface area contributed by atoms with Crippen molar-refractivity contribution >= 4 is 28.2 Å². The summed E-state index contributed by atoms with van der Waals surface area (Å²) in [7, 11) is -3.51. The van der Waals surface area contributed by atoms with Gasteiger partial charge in [0.15, 0.2) is 5.78 Å². The summed E-state index contributed by atoms with van der Waals surface area (Å²) in [6.07, 6.45) is 0.755. The normalized spacial score (nSPS) is 15.9. The lowest BCUT2D eigenvalue weighted by Crippen LogP contribution is -2.38. The number of nitrogens with zero attached hydrogens (tertiary/aromatic N) is 1. The minimum Gasteiger partial charge on any atom is -0.379 e. The molecule has 8 heteroatoms. The maximum atomic E-state index is 12.1. The Balaban J connectivity index is 0.00000264. The summed E-state index contributed by atoms with van der Waals surface area (Å²) in [5.41, 5.74) is 0.506. The first kappa shape index (κ1) is 20.1. The van der Waals surface area contributed by atoms with Crippen LogP contribution in [0.25, 0.3) is 0 Å². The smallest absolute Gasteiger partial charge is 0.240 e. The number of Topliss-reactive ketones (excluding diaryl/α,β-unsaturated/α-hetero) is 1. The lowest BCUT2D eigenvalue weighted by atomic mass is 10.2. The van der Waals surface area contributed by atoms with Crippen LogP contribution in [-0.4, -0.2) is 58.5 Å². The van der Waals surface area contributed by atoms with E-state index in [0.717, 1.165) is 39.3 Å². The van der Waals surface area contributed by atoms with E-state index in [4.69, 9.17) is 4.74 Å². The molecule has 1 fully saturated rings. The average Bonchev–Trinajstić information content (AvgIpc) is 2.53. The van der Waals surface area contributed by atoms with Crippen molar-refractivity contribution in [2.75, 3.05) is 39.4 Å². The number of sulfonamides is 1. The summed E-state index contributed by atoms with van der Waals surface area (Å²) in [6.45, 7) is 6.00. The van der Waals surface area contributed by atoms with E-state index < -0.39 is 10.0 Å². The Morgan fingerprint density at radius 1 is 1.22 bits per heavy atom. The fourth-order valence-electron chi connectivity index (χ4n) is 2.29. The second-order valence-electron chi connectivity index (χ2n) is 5.29. The van der Waals surface area contributed by atoms with Crippen LogP contribution in [0.15, 0.2) is 29.2 Å². The Morgan fingerprint density at radius 3 is 2.39 bits per heavy atom. The van der Waals surface area contributed by atoms with Crippen LogP contribution >= 0.6 is 12.4 Å². The molecule has 1 N–H and O–H groups in total. The number of hydrogen-bond donors (Lipinski definition) is 1. The predicted octanol–water partition coefficient (Wildman–Crippen LogP) is 1.31. The molecule has 1 aromatic carbocycles. The first-order chi connectivity index (χ1) is 10.5. The average molecular weight is 363 g/mol. The van der Waals surface area contributed by atoms with E-state index in [-0.39, 0.29) is 23.1 Å². The van der Waals surface area contributed by atoms with Gasteiger partial charge in [-0.2, -0.15) is 0 Å². The Bertz CT molecular complexity index is 598. The first-order valence-electron chi connectivity index (χ1n) is 7.40. The molecule has 1 heterocycles. The highest BCUT2D eigenvalue weighted by atomic mass is 35.5. The fraction of sp³-hybridized carbons (Fsp3) is 0.533. The molecular weight excluding hydrogens is 340 g/mol. The van der Waals surface area contributed by atoms with Gasteiger partial charge in [0, 0.05) is 25.2 Å². The Hall–Kier alpha value is -0.990. The van der Waals surface area contributed by atoms with Crippen LogP contribution in [0.2, 0.25) is 0 Å². The molecule has 1 aliphatic rings. The lowest BCUT2D eigenvalue weighted by molar-refractivity contribution is 0.0376. The molecule has 0 radical (unpaired) electrons.